The van der Waals surface area contributed by atoms with Gasteiger partial charge < -0.3 is 4.84 Å². The molecule has 2 heteroatoms. The summed E-state index contributed by atoms with van der Waals surface area (Å²) in [5.41, 5.74) is 4.51. The second kappa shape index (κ2) is 4.58. The van der Waals surface area contributed by atoms with Crippen LogP contribution in [0.1, 0.15) is 29.5 Å². The SMILES string of the molecule is NOCCc1cccc2c1CCCC2. The minimum Gasteiger partial charge on any atom is -0.304 e. The van der Waals surface area contributed by atoms with E-state index in [1.807, 2.05) is 0 Å². The van der Waals surface area contributed by atoms with Crippen LogP contribution in [0.3, 0.4) is 0 Å². The molecule has 0 spiro atoms. The van der Waals surface area contributed by atoms with Crippen molar-refractivity contribution >= 4 is 0 Å². The van der Waals surface area contributed by atoms with Gasteiger partial charge in [-0.25, -0.2) is 5.90 Å². The molecule has 0 radical (unpaired) electrons. The van der Waals surface area contributed by atoms with Crippen molar-refractivity contribution in [1.82, 2.24) is 0 Å². The van der Waals surface area contributed by atoms with Crippen molar-refractivity contribution in [2.75, 3.05) is 6.61 Å². The quantitative estimate of drug-likeness (QED) is 0.742. The Balaban J connectivity index is 2.21. The van der Waals surface area contributed by atoms with Crippen LogP contribution >= 0.6 is 0 Å². The van der Waals surface area contributed by atoms with Crippen LogP contribution in [-0.4, -0.2) is 6.61 Å². The van der Waals surface area contributed by atoms with Crippen molar-refractivity contribution in [2.45, 2.75) is 32.1 Å². The average molecular weight is 191 g/mol. The Bertz CT molecular complexity index is 309. The Morgan fingerprint density at radius 3 is 2.93 bits per heavy atom. The third-order valence-electron chi connectivity index (χ3n) is 2.98. The fraction of sp³-hybridized carbons (Fsp3) is 0.500. The van der Waals surface area contributed by atoms with Crippen LogP contribution in [0.4, 0.5) is 0 Å². The highest BCUT2D eigenvalue weighted by Crippen LogP contribution is 2.24. The summed E-state index contributed by atoms with van der Waals surface area (Å²) in [6.07, 6.45) is 6.08. The summed E-state index contributed by atoms with van der Waals surface area (Å²) in [7, 11) is 0. The maximum absolute atomic E-state index is 5.05. The van der Waals surface area contributed by atoms with E-state index < -0.39 is 0 Å². The molecule has 0 bridgehead atoms. The van der Waals surface area contributed by atoms with Crippen LogP contribution in [0.5, 0.6) is 0 Å². The van der Waals surface area contributed by atoms with Gasteiger partial charge in [0.05, 0.1) is 6.61 Å². The third kappa shape index (κ3) is 1.97. The molecule has 0 aromatic heterocycles. The lowest BCUT2D eigenvalue weighted by Crippen LogP contribution is -2.09. The maximum atomic E-state index is 5.05. The predicted octanol–water partition coefficient (Wildman–Crippen LogP) is 2.00. The number of benzene rings is 1. The Morgan fingerprint density at radius 2 is 2.07 bits per heavy atom. The monoisotopic (exact) mass is 191 g/mol. The van der Waals surface area contributed by atoms with Gasteiger partial charge in [-0.05, 0) is 48.8 Å². The summed E-state index contributed by atoms with van der Waals surface area (Å²) >= 11 is 0. The number of hydrogen-bond acceptors (Lipinski definition) is 2. The lowest BCUT2D eigenvalue weighted by atomic mass is 9.87. The van der Waals surface area contributed by atoms with Gasteiger partial charge in [0.15, 0.2) is 0 Å². The van der Waals surface area contributed by atoms with Crippen molar-refractivity contribution in [2.24, 2.45) is 5.90 Å². The van der Waals surface area contributed by atoms with E-state index in [0.29, 0.717) is 6.61 Å². The molecule has 0 fully saturated rings. The van der Waals surface area contributed by atoms with E-state index in [9.17, 15) is 0 Å². The maximum Gasteiger partial charge on any atom is 0.0719 e. The van der Waals surface area contributed by atoms with E-state index in [1.54, 1.807) is 5.56 Å². The highest BCUT2D eigenvalue weighted by molar-refractivity contribution is 5.37. The van der Waals surface area contributed by atoms with Crippen LogP contribution in [0.25, 0.3) is 0 Å². The Morgan fingerprint density at radius 1 is 1.21 bits per heavy atom. The van der Waals surface area contributed by atoms with Crippen LogP contribution in [-0.2, 0) is 24.1 Å². The number of fused-ring (bicyclic) bond motifs is 1. The fourth-order valence-corrected chi connectivity index (χ4v) is 2.26. The van der Waals surface area contributed by atoms with E-state index in [4.69, 9.17) is 5.90 Å². The zero-order valence-corrected chi connectivity index (χ0v) is 8.46. The molecular weight excluding hydrogens is 174 g/mol. The molecule has 0 heterocycles. The van der Waals surface area contributed by atoms with Gasteiger partial charge in [0, 0.05) is 0 Å². The molecule has 2 nitrogen and oxygen atoms in total. The molecule has 0 unspecified atom stereocenters. The fourth-order valence-electron chi connectivity index (χ4n) is 2.26. The first-order chi connectivity index (χ1) is 6.92. The van der Waals surface area contributed by atoms with Crippen LogP contribution < -0.4 is 5.90 Å². The number of hydrogen-bond donors (Lipinski definition) is 1. The third-order valence-corrected chi connectivity index (χ3v) is 2.98. The molecule has 2 rings (SSSR count). The summed E-state index contributed by atoms with van der Waals surface area (Å²) in [5.74, 6) is 5.05. The average Bonchev–Trinajstić information content (AvgIpc) is 2.26. The van der Waals surface area contributed by atoms with Gasteiger partial charge in [-0.15, -0.1) is 0 Å². The molecule has 2 N–H and O–H groups in total. The lowest BCUT2D eigenvalue weighted by molar-refractivity contribution is 0.141. The second-order valence-electron chi connectivity index (χ2n) is 3.88. The van der Waals surface area contributed by atoms with Crippen molar-refractivity contribution in [3.05, 3.63) is 34.9 Å². The molecule has 14 heavy (non-hydrogen) atoms. The molecule has 1 aliphatic carbocycles. The topological polar surface area (TPSA) is 35.2 Å². The zero-order chi connectivity index (χ0) is 9.80. The number of nitrogens with two attached hydrogens (primary N) is 1. The van der Waals surface area contributed by atoms with Crippen molar-refractivity contribution in [1.29, 1.82) is 0 Å². The molecule has 1 aliphatic rings. The normalized spacial score (nSPS) is 15.2. The van der Waals surface area contributed by atoms with E-state index >= 15 is 0 Å². The summed E-state index contributed by atoms with van der Waals surface area (Å²) < 4.78 is 0. The molecule has 0 amide bonds. The zero-order valence-electron chi connectivity index (χ0n) is 8.46. The van der Waals surface area contributed by atoms with Gasteiger partial charge in [0.1, 0.15) is 0 Å². The standard InChI is InChI=1S/C12H17NO/c13-14-9-8-11-6-3-5-10-4-1-2-7-12(10)11/h3,5-6H,1-2,4,7-9,13H2. The first-order valence-electron chi connectivity index (χ1n) is 5.33. The minimum atomic E-state index is 0.621. The highest BCUT2D eigenvalue weighted by Gasteiger charge is 2.11. The Kier molecular flexibility index (Phi) is 3.17. The van der Waals surface area contributed by atoms with Crippen LogP contribution in [0, 0.1) is 0 Å². The molecule has 1 aromatic rings. The molecule has 0 saturated carbocycles. The molecule has 0 aliphatic heterocycles. The molecule has 0 atom stereocenters. The first-order valence-corrected chi connectivity index (χ1v) is 5.33. The van der Waals surface area contributed by atoms with Crippen LogP contribution in [0.2, 0.25) is 0 Å². The summed E-state index contributed by atoms with van der Waals surface area (Å²) in [6.45, 7) is 0.621. The molecule has 1 aromatic carbocycles. The van der Waals surface area contributed by atoms with E-state index in [1.165, 1.54) is 36.8 Å². The number of aryl methyl sites for hydroxylation is 1. The smallest absolute Gasteiger partial charge is 0.0719 e. The largest absolute Gasteiger partial charge is 0.304 e. The second-order valence-corrected chi connectivity index (χ2v) is 3.88. The van der Waals surface area contributed by atoms with Gasteiger partial charge in [-0.3, -0.25) is 0 Å². The molecule has 0 saturated heterocycles. The lowest BCUT2D eigenvalue weighted by Gasteiger charge is -2.18. The predicted molar refractivity (Wildman–Crippen MR) is 56.9 cm³/mol. The highest BCUT2D eigenvalue weighted by atomic mass is 16.6. The van der Waals surface area contributed by atoms with Crippen LogP contribution in [0.15, 0.2) is 18.2 Å². The van der Waals surface area contributed by atoms with Gasteiger partial charge in [0.25, 0.3) is 0 Å². The Labute approximate surface area is 85.0 Å². The van der Waals surface area contributed by atoms with E-state index in [0.717, 1.165) is 6.42 Å². The number of rotatable bonds is 3. The van der Waals surface area contributed by atoms with Crippen molar-refractivity contribution in [3.63, 3.8) is 0 Å². The minimum absolute atomic E-state index is 0.621. The van der Waals surface area contributed by atoms with Gasteiger partial charge in [0.2, 0.25) is 0 Å². The first kappa shape index (κ1) is 9.69. The summed E-state index contributed by atoms with van der Waals surface area (Å²) in [6, 6.07) is 6.60. The van der Waals surface area contributed by atoms with Crippen molar-refractivity contribution < 1.29 is 4.84 Å². The van der Waals surface area contributed by atoms with Crippen molar-refractivity contribution in [3.8, 4) is 0 Å². The molecular formula is C12H17NO. The summed E-state index contributed by atoms with van der Waals surface area (Å²) in [5, 5.41) is 0. The van der Waals surface area contributed by atoms with Gasteiger partial charge >= 0.3 is 0 Å². The summed E-state index contributed by atoms with van der Waals surface area (Å²) in [4.78, 5) is 4.64. The van der Waals surface area contributed by atoms with E-state index in [2.05, 4.69) is 23.0 Å². The van der Waals surface area contributed by atoms with Gasteiger partial charge in [-0.1, -0.05) is 18.2 Å². The molecule has 76 valence electrons. The van der Waals surface area contributed by atoms with Gasteiger partial charge in [-0.2, -0.15) is 0 Å². The Hall–Kier alpha value is -0.860. The van der Waals surface area contributed by atoms with E-state index in [-0.39, 0.29) is 0 Å².